The van der Waals surface area contributed by atoms with Gasteiger partial charge in [0, 0.05) is 31.6 Å². The topological polar surface area (TPSA) is 49.4 Å². The van der Waals surface area contributed by atoms with Crippen molar-refractivity contribution < 1.29 is 9.59 Å². The van der Waals surface area contributed by atoms with Crippen molar-refractivity contribution in [2.75, 3.05) is 19.6 Å². The highest BCUT2D eigenvalue weighted by Gasteiger charge is 2.19. The first kappa shape index (κ1) is 11.6. The van der Waals surface area contributed by atoms with Gasteiger partial charge in [-0.2, -0.15) is 0 Å². The van der Waals surface area contributed by atoms with Gasteiger partial charge in [-0.15, -0.1) is 0 Å². The molecule has 17 heavy (non-hydrogen) atoms. The minimum absolute atomic E-state index is 0.00139. The highest BCUT2D eigenvalue weighted by molar-refractivity contribution is 5.94. The molecule has 0 saturated carbocycles. The van der Waals surface area contributed by atoms with Crippen molar-refractivity contribution in [1.29, 1.82) is 0 Å². The van der Waals surface area contributed by atoms with E-state index in [2.05, 4.69) is 5.32 Å². The number of nitrogens with one attached hydrogen (secondary N) is 1. The van der Waals surface area contributed by atoms with Gasteiger partial charge < -0.3 is 10.2 Å². The van der Waals surface area contributed by atoms with E-state index in [-0.39, 0.29) is 11.8 Å². The number of hydrogen-bond acceptors (Lipinski definition) is 2. The largest absolute Gasteiger partial charge is 0.354 e. The van der Waals surface area contributed by atoms with Crippen LogP contribution < -0.4 is 5.32 Å². The molecule has 1 heterocycles. The quantitative estimate of drug-likeness (QED) is 0.784. The second-order valence-electron chi connectivity index (χ2n) is 4.26. The van der Waals surface area contributed by atoms with E-state index in [0.717, 1.165) is 5.56 Å². The molecule has 2 rings (SSSR count). The normalized spacial score (nSPS) is 16.3. The van der Waals surface area contributed by atoms with Crippen LogP contribution in [-0.2, 0) is 4.79 Å². The Morgan fingerprint density at radius 3 is 2.65 bits per heavy atom. The fourth-order valence-electron chi connectivity index (χ4n) is 1.85. The van der Waals surface area contributed by atoms with Gasteiger partial charge in [0.15, 0.2) is 0 Å². The summed E-state index contributed by atoms with van der Waals surface area (Å²) in [4.78, 5) is 25.1. The number of hydrogen-bond donors (Lipinski definition) is 1. The van der Waals surface area contributed by atoms with E-state index in [4.69, 9.17) is 0 Å². The highest BCUT2D eigenvalue weighted by atomic mass is 16.2. The molecule has 1 aromatic carbocycles. The molecule has 0 atom stereocenters. The highest BCUT2D eigenvalue weighted by Crippen LogP contribution is 2.08. The van der Waals surface area contributed by atoms with Crippen LogP contribution in [0, 0.1) is 6.92 Å². The number of carbonyl (C=O) groups excluding carboxylic acids is 2. The number of rotatable bonds is 1. The van der Waals surface area contributed by atoms with Gasteiger partial charge >= 0.3 is 0 Å². The molecule has 1 aliphatic heterocycles. The van der Waals surface area contributed by atoms with E-state index < -0.39 is 0 Å². The van der Waals surface area contributed by atoms with Crippen molar-refractivity contribution in [3.05, 3.63) is 35.4 Å². The monoisotopic (exact) mass is 232 g/mol. The molecule has 1 fully saturated rings. The molecule has 0 aromatic heterocycles. The summed E-state index contributed by atoms with van der Waals surface area (Å²) in [6.07, 6.45) is 0.387. The summed E-state index contributed by atoms with van der Waals surface area (Å²) in [5.74, 6) is 0.0192. The molecular weight excluding hydrogens is 216 g/mol. The van der Waals surface area contributed by atoms with E-state index in [9.17, 15) is 9.59 Å². The maximum absolute atomic E-state index is 12.2. The number of amides is 2. The molecule has 0 aliphatic carbocycles. The summed E-state index contributed by atoms with van der Waals surface area (Å²) in [6, 6.07) is 7.51. The molecular formula is C13H16N2O2. The lowest BCUT2D eigenvalue weighted by Crippen LogP contribution is -2.34. The molecule has 0 unspecified atom stereocenters. The van der Waals surface area contributed by atoms with E-state index in [1.54, 1.807) is 4.90 Å². The van der Waals surface area contributed by atoms with Gasteiger partial charge in [0.05, 0.1) is 0 Å². The van der Waals surface area contributed by atoms with Crippen LogP contribution in [0.5, 0.6) is 0 Å². The van der Waals surface area contributed by atoms with E-state index in [1.807, 2.05) is 31.2 Å². The van der Waals surface area contributed by atoms with Crippen molar-refractivity contribution in [3.8, 4) is 0 Å². The molecule has 0 spiro atoms. The van der Waals surface area contributed by atoms with Gasteiger partial charge in [0.25, 0.3) is 5.91 Å². The molecule has 0 radical (unpaired) electrons. The first-order chi connectivity index (χ1) is 8.16. The van der Waals surface area contributed by atoms with Gasteiger partial charge in [0.1, 0.15) is 0 Å². The van der Waals surface area contributed by atoms with Crippen LogP contribution in [0.3, 0.4) is 0 Å². The van der Waals surface area contributed by atoms with Crippen LogP contribution in [-0.4, -0.2) is 36.3 Å². The SMILES string of the molecule is Cc1ccc(C(=O)N2CCNC(=O)CC2)cc1. The van der Waals surface area contributed by atoms with E-state index >= 15 is 0 Å². The van der Waals surface area contributed by atoms with E-state index in [0.29, 0.717) is 31.6 Å². The van der Waals surface area contributed by atoms with Gasteiger partial charge in [0.2, 0.25) is 5.91 Å². The van der Waals surface area contributed by atoms with E-state index in [1.165, 1.54) is 0 Å². The zero-order chi connectivity index (χ0) is 12.3. The minimum Gasteiger partial charge on any atom is -0.354 e. The van der Waals surface area contributed by atoms with Crippen LogP contribution in [0.2, 0.25) is 0 Å². The average Bonchev–Trinajstić information content (AvgIpc) is 2.54. The lowest BCUT2D eigenvalue weighted by Gasteiger charge is -2.19. The molecule has 4 heteroatoms. The zero-order valence-electron chi connectivity index (χ0n) is 9.90. The van der Waals surface area contributed by atoms with Gasteiger partial charge in [-0.05, 0) is 19.1 Å². The molecule has 2 amide bonds. The molecule has 1 N–H and O–H groups in total. The predicted molar refractivity (Wildman–Crippen MR) is 64.7 cm³/mol. The Morgan fingerprint density at radius 2 is 1.94 bits per heavy atom. The fraction of sp³-hybridized carbons (Fsp3) is 0.385. The standard InChI is InChI=1S/C13H16N2O2/c1-10-2-4-11(5-3-10)13(17)15-8-6-12(16)14-7-9-15/h2-5H,6-9H2,1H3,(H,14,16). The first-order valence-electron chi connectivity index (χ1n) is 5.79. The maximum Gasteiger partial charge on any atom is 0.253 e. The lowest BCUT2D eigenvalue weighted by atomic mass is 10.1. The van der Waals surface area contributed by atoms with Crippen LogP contribution >= 0.6 is 0 Å². The Bertz CT molecular complexity index is 426. The van der Waals surface area contributed by atoms with Crippen molar-refractivity contribution in [2.24, 2.45) is 0 Å². The van der Waals surface area contributed by atoms with Crippen molar-refractivity contribution >= 4 is 11.8 Å². The average molecular weight is 232 g/mol. The second-order valence-corrected chi connectivity index (χ2v) is 4.26. The zero-order valence-corrected chi connectivity index (χ0v) is 9.90. The lowest BCUT2D eigenvalue weighted by molar-refractivity contribution is -0.120. The van der Waals surface area contributed by atoms with Crippen molar-refractivity contribution in [1.82, 2.24) is 10.2 Å². The van der Waals surface area contributed by atoms with Crippen molar-refractivity contribution in [3.63, 3.8) is 0 Å². The smallest absolute Gasteiger partial charge is 0.253 e. The third-order valence-electron chi connectivity index (χ3n) is 2.90. The Labute approximate surface area is 101 Å². The number of nitrogens with zero attached hydrogens (tertiary/aromatic N) is 1. The summed E-state index contributed by atoms with van der Waals surface area (Å²) >= 11 is 0. The second kappa shape index (κ2) is 4.99. The third kappa shape index (κ3) is 2.84. The Balaban J connectivity index is 2.08. The van der Waals surface area contributed by atoms with Crippen molar-refractivity contribution in [2.45, 2.75) is 13.3 Å². The summed E-state index contributed by atoms with van der Waals surface area (Å²) < 4.78 is 0. The van der Waals surface area contributed by atoms with Gasteiger partial charge in [-0.1, -0.05) is 17.7 Å². The summed E-state index contributed by atoms with van der Waals surface area (Å²) in [6.45, 7) is 3.61. The Hall–Kier alpha value is -1.84. The molecule has 1 saturated heterocycles. The molecule has 4 nitrogen and oxygen atoms in total. The Morgan fingerprint density at radius 1 is 1.24 bits per heavy atom. The van der Waals surface area contributed by atoms with Crippen LogP contribution in [0.4, 0.5) is 0 Å². The number of benzene rings is 1. The van der Waals surface area contributed by atoms with Crippen LogP contribution in [0.15, 0.2) is 24.3 Å². The summed E-state index contributed by atoms with van der Waals surface area (Å²) in [7, 11) is 0. The first-order valence-corrected chi connectivity index (χ1v) is 5.79. The summed E-state index contributed by atoms with van der Waals surface area (Å²) in [5.41, 5.74) is 1.82. The summed E-state index contributed by atoms with van der Waals surface area (Å²) in [5, 5.41) is 2.76. The van der Waals surface area contributed by atoms with Crippen LogP contribution in [0.25, 0.3) is 0 Å². The van der Waals surface area contributed by atoms with Gasteiger partial charge in [-0.3, -0.25) is 9.59 Å². The molecule has 90 valence electrons. The maximum atomic E-state index is 12.2. The molecule has 1 aliphatic rings. The van der Waals surface area contributed by atoms with Crippen LogP contribution in [0.1, 0.15) is 22.3 Å². The Kier molecular flexibility index (Phi) is 3.42. The molecule has 0 bridgehead atoms. The predicted octanol–water partition coefficient (Wildman–Crippen LogP) is 0.957. The minimum atomic E-state index is 0.00139. The third-order valence-corrected chi connectivity index (χ3v) is 2.90. The number of carbonyl (C=O) groups is 2. The van der Waals surface area contributed by atoms with Gasteiger partial charge in [-0.25, -0.2) is 0 Å². The number of aryl methyl sites for hydroxylation is 1. The molecule has 1 aromatic rings. The fourth-order valence-corrected chi connectivity index (χ4v) is 1.85.